The number of halogens is 3. The van der Waals surface area contributed by atoms with Crippen molar-refractivity contribution in [1.82, 2.24) is 4.90 Å². The zero-order valence-electron chi connectivity index (χ0n) is 10.1. The molecule has 0 aromatic heterocycles. The van der Waals surface area contributed by atoms with Crippen LogP contribution in [0.15, 0.2) is 12.1 Å². The monoisotopic (exact) mass is 234 g/mol. The molecule has 0 amide bonds. The van der Waals surface area contributed by atoms with Gasteiger partial charge in [-0.3, -0.25) is 0 Å². The Kier molecular flexibility index (Phi) is 4.10. The predicted molar refractivity (Wildman–Crippen MR) is 62.3 cm³/mol. The average molecular weight is 234 g/mol. The third kappa shape index (κ3) is 3.54. The van der Waals surface area contributed by atoms with Crippen molar-refractivity contribution in [3.63, 3.8) is 0 Å². The third-order valence-corrected chi connectivity index (χ3v) is 3.81. The van der Waals surface area contributed by atoms with Gasteiger partial charge < -0.3 is 17.8 Å². The van der Waals surface area contributed by atoms with Crippen molar-refractivity contribution in [2.45, 2.75) is 33.1 Å². The van der Waals surface area contributed by atoms with Gasteiger partial charge in [0.15, 0.2) is 0 Å². The maximum atomic E-state index is 12.4. The summed E-state index contributed by atoms with van der Waals surface area (Å²) in [4.78, 5) is 1.87. The van der Waals surface area contributed by atoms with E-state index < -0.39 is 12.4 Å². The topological polar surface area (TPSA) is 3.24 Å². The van der Waals surface area contributed by atoms with Crippen molar-refractivity contribution in [2.24, 2.45) is 5.41 Å². The lowest BCUT2D eigenvalue weighted by molar-refractivity contribution is 0.122. The SMILES string of the molecule is C=C(CN1CCC(C)(CC)CC1)[B-](F)(F)F. The van der Waals surface area contributed by atoms with Gasteiger partial charge in [0.05, 0.1) is 0 Å². The van der Waals surface area contributed by atoms with Crippen LogP contribution in [-0.4, -0.2) is 31.5 Å². The van der Waals surface area contributed by atoms with Crippen LogP contribution in [0.3, 0.4) is 0 Å². The number of rotatable bonds is 4. The standard InChI is InChI=1S/C11H20BF3N/c1-4-11(3)5-7-16(8-6-11)9-10(2)12(13,14)15/h2,4-9H2,1,3H3/q-1. The fraction of sp³-hybridized carbons (Fsp3) is 0.818. The molecular formula is C11H20BF3N-. The van der Waals surface area contributed by atoms with Gasteiger partial charge in [-0.15, -0.1) is 12.1 Å². The van der Waals surface area contributed by atoms with Crippen LogP contribution in [0.1, 0.15) is 33.1 Å². The van der Waals surface area contributed by atoms with Crippen molar-refractivity contribution in [2.75, 3.05) is 19.6 Å². The minimum atomic E-state index is -4.87. The summed E-state index contributed by atoms with van der Waals surface area (Å²) < 4.78 is 37.1. The Labute approximate surface area is 95.8 Å². The van der Waals surface area contributed by atoms with Crippen LogP contribution in [-0.2, 0) is 0 Å². The highest BCUT2D eigenvalue weighted by Crippen LogP contribution is 2.34. The molecule has 0 aromatic carbocycles. The molecule has 0 atom stereocenters. The zero-order chi connectivity index (χ0) is 12.4. The summed E-state index contributed by atoms with van der Waals surface area (Å²) in [5, 5.41) is 0. The maximum absolute atomic E-state index is 12.4. The van der Waals surface area contributed by atoms with Crippen LogP contribution in [0, 0.1) is 5.41 Å². The Morgan fingerprint density at radius 1 is 1.31 bits per heavy atom. The van der Waals surface area contributed by atoms with Gasteiger partial charge in [0.1, 0.15) is 0 Å². The van der Waals surface area contributed by atoms with E-state index in [0.29, 0.717) is 5.41 Å². The molecule has 1 nitrogen and oxygen atoms in total. The molecule has 0 saturated carbocycles. The van der Waals surface area contributed by atoms with Crippen molar-refractivity contribution in [3.05, 3.63) is 12.1 Å². The van der Waals surface area contributed by atoms with E-state index in [0.717, 1.165) is 32.4 Å². The summed E-state index contributed by atoms with van der Waals surface area (Å²) in [5.74, 6) is 0. The molecule has 5 heteroatoms. The lowest BCUT2D eigenvalue weighted by Gasteiger charge is -2.40. The average Bonchev–Trinajstić information content (AvgIpc) is 2.20. The summed E-state index contributed by atoms with van der Waals surface area (Å²) in [7, 11) is 0. The molecule has 94 valence electrons. The zero-order valence-corrected chi connectivity index (χ0v) is 10.1. The molecule has 0 bridgehead atoms. The molecule has 1 heterocycles. The molecule has 16 heavy (non-hydrogen) atoms. The first kappa shape index (κ1) is 13.6. The van der Waals surface area contributed by atoms with Crippen LogP contribution in [0.4, 0.5) is 12.9 Å². The Bertz CT molecular complexity index is 254. The Balaban J connectivity index is 2.41. The molecule has 0 aliphatic carbocycles. The van der Waals surface area contributed by atoms with E-state index in [-0.39, 0.29) is 6.54 Å². The van der Waals surface area contributed by atoms with Crippen molar-refractivity contribution < 1.29 is 12.9 Å². The van der Waals surface area contributed by atoms with Gasteiger partial charge in [-0.05, 0) is 37.9 Å². The van der Waals surface area contributed by atoms with Crippen molar-refractivity contribution in [1.29, 1.82) is 0 Å². The molecule has 1 fully saturated rings. The van der Waals surface area contributed by atoms with E-state index in [1.54, 1.807) is 0 Å². The minimum Gasteiger partial charge on any atom is -0.445 e. The van der Waals surface area contributed by atoms with Crippen molar-refractivity contribution >= 4 is 6.98 Å². The fourth-order valence-electron chi connectivity index (χ4n) is 2.00. The molecule has 0 unspecified atom stereocenters. The highest BCUT2D eigenvalue weighted by Gasteiger charge is 2.31. The molecule has 1 rings (SSSR count). The summed E-state index contributed by atoms with van der Waals surface area (Å²) in [6.07, 6.45) is 3.08. The Morgan fingerprint density at radius 3 is 2.19 bits per heavy atom. The first-order valence-corrected chi connectivity index (χ1v) is 5.87. The molecule has 1 aliphatic heterocycles. The van der Waals surface area contributed by atoms with Gasteiger partial charge in [-0.1, -0.05) is 20.3 Å². The first-order valence-electron chi connectivity index (χ1n) is 5.87. The summed E-state index contributed by atoms with van der Waals surface area (Å²) in [6.45, 7) is 4.14. The van der Waals surface area contributed by atoms with Gasteiger partial charge in [0, 0.05) is 0 Å². The minimum absolute atomic E-state index is 0.0106. The van der Waals surface area contributed by atoms with Gasteiger partial charge in [0.25, 0.3) is 0 Å². The number of piperidine rings is 1. The van der Waals surface area contributed by atoms with E-state index in [2.05, 4.69) is 20.4 Å². The second kappa shape index (κ2) is 4.82. The quantitative estimate of drug-likeness (QED) is 0.673. The highest BCUT2D eigenvalue weighted by atomic mass is 19.4. The smallest absolute Gasteiger partial charge is 0.445 e. The van der Waals surface area contributed by atoms with Gasteiger partial charge >= 0.3 is 6.98 Å². The molecule has 0 aromatic rings. The van der Waals surface area contributed by atoms with E-state index in [1.807, 2.05) is 4.90 Å². The number of hydrogen-bond donors (Lipinski definition) is 0. The largest absolute Gasteiger partial charge is 0.506 e. The lowest BCUT2D eigenvalue weighted by atomic mass is 9.76. The van der Waals surface area contributed by atoms with Crippen LogP contribution >= 0.6 is 0 Å². The molecule has 0 radical (unpaired) electrons. The molecule has 0 N–H and O–H groups in total. The normalized spacial score (nSPS) is 22.1. The summed E-state index contributed by atoms with van der Waals surface area (Å²) >= 11 is 0. The van der Waals surface area contributed by atoms with Crippen LogP contribution in [0.5, 0.6) is 0 Å². The van der Waals surface area contributed by atoms with E-state index >= 15 is 0 Å². The van der Waals surface area contributed by atoms with E-state index in [1.165, 1.54) is 0 Å². The lowest BCUT2D eigenvalue weighted by Crippen LogP contribution is -2.41. The van der Waals surface area contributed by atoms with Crippen LogP contribution in [0.2, 0.25) is 0 Å². The third-order valence-electron chi connectivity index (χ3n) is 3.81. The molecule has 1 saturated heterocycles. The Hall–Kier alpha value is -0.445. The molecule has 1 aliphatic rings. The molecule has 0 spiro atoms. The second-order valence-corrected chi connectivity index (χ2v) is 5.17. The maximum Gasteiger partial charge on any atom is 0.506 e. The number of hydrogen-bond acceptors (Lipinski definition) is 1. The highest BCUT2D eigenvalue weighted by molar-refractivity contribution is 6.66. The second-order valence-electron chi connectivity index (χ2n) is 5.17. The summed E-state index contributed by atoms with van der Waals surface area (Å²) in [5.41, 5.74) is -0.249. The Morgan fingerprint density at radius 2 is 1.81 bits per heavy atom. The molecular weight excluding hydrogens is 214 g/mol. The van der Waals surface area contributed by atoms with Gasteiger partial charge in [-0.25, -0.2) is 0 Å². The number of likely N-dealkylation sites (tertiary alicyclic amines) is 1. The van der Waals surface area contributed by atoms with Crippen LogP contribution in [0.25, 0.3) is 0 Å². The van der Waals surface area contributed by atoms with Gasteiger partial charge in [-0.2, -0.15) is 0 Å². The fourth-order valence-corrected chi connectivity index (χ4v) is 2.00. The van der Waals surface area contributed by atoms with E-state index in [4.69, 9.17) is 0 Å². The van der Waals surface area contributed by atoms with Crippen molar-refractivity contribution in [3.8, 4) is 0 Å². The van der Waals surface area contributed by atoms with Gasteiger partial charge in [0.2, 0.25) is 0 Å². The number of nitrogens with zero attached hydrogens (tertiary/aromatic N) is 1. The first-order chi connectivity index (χ1) is 7.27. The predicted octanol–water partition coefficient (Wildman–Crippen LogP) is 3.44. The van der Waals surface area contributed by atoms with Crippen LogP contribution < -0.4 is 0 Å². The summed E-state index contributed by atoms with van der Waals surface area (Å²) in [6, 6.07) is 0. The van der Waals surface area contributed by atoms with E-state index in [9.17, 15) is 12.9 Å².